The number of ether oxygens (including phenoxy) is 3. The van der Waals surface area contributed by atoms with E-state index in [-0.39, 0.29) is 18.6 Å². The number of methoxy groups -OCH3 is 1. The quantitative estimate of drug-likeness (QED) is 0.742. The Morgan fingerprint density at radius 2 is 1.96 bits per heavy atom. The summed E-state index contributed by atoms with van der Waals surface area (Å²) in [5.74, 6) is 0.100. The van der Waals surface area contributed by atoms with Crippen LogP contribution in [-0.4, -0.2) is 32.2 Å². The van der Waals surface area contributed by atoms with Gasteiger partial charge in [-0.05, 0) is 55.5 Å². The first-order valence-corrected chi connectivity index (χ1v) is 9.47. The summed E-state index contributed by atoms with van der Waals surface area (Å²) < 4.78 is 15.8. The van der Waals surface area contributed by atoms with Gasteiger partial charge in [-0.2, -0.15) is 0 Å². The molecular weight excluding hydrogens is 358 g/mol. The number of benzene rings is 2. The molecule has 148 valence electrons. The van der Waals surface area contributed by atoms with Gasteiger partial charge < -0.3 is 19.5 Å². The van der Waals surface area contributed by atoms with Crippen molar-refractivity contribution in [3.63, 3.8) is 0 Å². The molecule has 0 unspecified atom stereocenters. The van der Waals surface area contributed by atoms with Crippen LogP contribution in [0.3, 0.4) is 0 Å². The number of hydrogen-bond acceptors (Lipinski definition) is 5. The molecule has 0 aromatic heterocycles. The van der Waals surface area contributed by atoms with Crippen LogP contribution >= 0.6 is 0 Å². The third-order valence-corrected chi connectivity index (χ3v) is 4.74. The van der Waals surface area contributed by atoms with Crippen molar-refractivity contribution >= 4 is 11.9 Å². The van der Waals surface area contributed by atoms with Gasteiger partial charge in [0.25, 0.3) is 5.91 Å². The van der Waals surface area contributed by atoms with Gasteiger partial charge in [0, 0.05) is 0 Å². The third-order valence-electron chi connectivity index (χ3n) is 4.74. The third kappa shape index (κ3) is 4.63. The summed E-state index contributed by atoms with van der Waals surface area (Å²) in [6, 6.07) is 12.9. The highest BCUT2D eigenvalue weighted by atomic mass is 16.5. The summed E-state index contributed by atoms with van der Waals surface area (Å²) >= 11 is 0. The van der Waals surface area contributed by atoms with Crippen LogP contribution in [0.5, 0.6) is 11.5 Å². The van der Waals surface area contributed by atoms with E-state index in [0.717, 1.165) is 24.8 Å². The van der Waals surface area contributed by atoms with Crippen molar-refractivity contribution in [2.24, 2.45) is 0 Å². The molecule has 1 N–H and O–H groups in total. The van der Waals surface area contributed by atoms with Crippen molar-refractivity contribution < 1.29 is 23.8 Å². The number of fused-ring (bicyclic) bond motifs is 1. The maximum Gasteiger partial charge on any atom is 0.338 e. The molecule has 3 rings (SSSR count). The summed E-state index contributed by atoms with van der Waals surface area (Å²) in [4.78, 5) is 24.6. The maximum absolute atomic E-state index is 12.3. The maximum atomic E-state index is 12.3. The number of esters is 1. The molecule has 6 heteroatoms. The Bertz CT molecular complexity index is 849. The van der Waals surface area contributed by atoms with Gasteiger partial charge in [0.15, 0.2) is 18.1 Å². The number of aryl methyl sites for hydroxylation is 1. The fraction of sp³-hybridized carbons (Fsp3) is 0.364. The first-order chi connectivity index (χ1) is 13.6. The fourth-order valence-electron chi connectivity index (χ4n) is 3.42. The normalized spacial score (nSPS) is 15.3. The average Bonchev–Trinajstić information content (AvgIpc) is 2.73. The van der Waals surface area contributed by atoms with Crippen molar-refractivity contribution in [2.45, 2.75) is 32.2 Å². The summed E-state index contributed by atoms with van der Waals surface area (Å²) in [5, 5.41) is 2.97. The van der Waals surface area contributed by atoms with E-state index in [0.29, 0.717) is 23.7 Å². The van der Waals surface area contributed by atoms with Crippen molar-refractivity contribution in [3.05, 3.63) is 59.2 Å². The Morgan fingerprint density at radius 3 is 2.75 bits per heavy atom. The van der Waals surface area contributed by atoms with Crippen molar-refractivity contribution in [1.82, 2.24) is 5.32 Å². The Labute approximate surface area is 164 Å². The molecule has 1 aliphatic carbocycles. The number of amides is 1. The van der Waals surface area contributed by atoms with E-state index in [1.165, 1.54) is 12.7 Å². The van der Waals surface area contributed by atoms with Gasteiger partial charge in [-0.25, -0.2) is 4.79 Å². The Hall–Kier alpha value is -3.02. The first kappa shape index (κ1) is 19.7. The number of hydrogen-bond donors (Lipinski definition) is 1. The van der Waals surface area contributed by atoms with Crippen LogP contribution in [0.15, 0.2) is 42.5 Å². The molecular formula is C22H25NO5. The first-order valence-electron chi connectivity index (χ1n) is 9.47. The number of carbonyl (C=O) groups excluding carboxylic acids is 2. The van der Waals surface area contributed by atoms with Gasteiger partial charge in [-0.15, -0.1) is 0 Å². The Balaban J connectivity index is 1.57. The lowest BCUT2D eigenvalue weighted by atomic mass is 9.88. The summed E-state index contributed by atoms with van der Waals surface area (Å²) in [6.45, 7) is 2.03. The van der Waals surface area contributed by atoms with E-state index in [2.05, 4.69) is 11.4 Å². The summed E-state index contributed by atoms with van der Waals surface area (Å²) in [5.41, 5.74) is 2.71. The molecule has 1 amide bonds. The molecule has 0 radical (unpaired) electrons. The van der Waals surface area contributed by atoms with Crippen LogP contribution in [0.25, 0.3) is 0 Å². The van der Waals surface area contributed by atoms with Crippen LogP contribution in [0.1, 0.15) is 47.3 Å². The Morgan fingerprint density at radius 1 is 1.14 bits per heavy atom. The average molecular weight is 383 g/mol. The molecule has 0 saturated heterocycles. The minimum Gasteiger partial charge on any atom is -0.493 e. The number of nitrogens with one attached hydrogen (secondary N) is 1. The molecule has 0 fully saturated rings. The molecule has 0 heterocycles. The van der Waals surface area contributed by atoms with Crippen LogP contribution in [0, 0.1) is 0 Å². The molecule has 2 aromatic rings. The second kappa shape index (κ2) is 9.26. The van der Waals surface area contributed by atoms with Crippen LogP contribution in [0.2, 0.25) is 0 Å². The van der Waals surface area contributed by atoms with Crippen molar-refractivity contribution in [3.8, 4) is 11.5 Å². The van der Waals surface area contributed by atoms with Crippen molar-refractivity contribution in [2.75, 3.05) is 20.3 Å². The van der Waals surface area contributed by atoms with E-state index in [9.17, 15) is 9.59 Å². The van der Waals surface area contributed by atoms with E-state index in [1.54, 1.807) is 18.2 Å². The summed E-state index contributed by atoms with van der Waals surface area (Å²) in [7, 11) is 1.50. The number of rotatable bonds is 7. The second-order valence-electron chi connectivity index (χ2n) is 6.59. The molecule has 2 aromatic carbocycles. The van der Waals surface area contributed by atoms with Crippen LogP contribution < -0.4 is 14.8 Å². The molecule has 0 aliphatic heterocycles. The number of carbonyl (C=O) groups is 2. The largest absolute Gasteiger partial charge is 0.493 e. The van der Waals surface area contributed by atoms with E-state index >= 15 is 0 Å². The highest BCUT2D eigenvalue weighted by Crippen LogP contribution is 2.30. The predicted molar refractivity (Wildman–Crippen MR) is 105 cm³/mol. The predicted octanol–water partition coefficient (Wildman–Crippen LogP) is 3.44. The monoisotopic (exact) mass is 383 g/mol. The zero-order valence-corrected chi connectivity index (χ0v) is 16.2. The lowest BCUT2D eigenvalue weighted by Gasteiger charge is -2.26. The molecule has 0 saturated carbocycles. The molecule has 0 bridgehead atoms. The minimum absolute atomic E-state index is 0.0401. The smallest absolute Gasteiger partial charge is 0.338 e. The lowest BCUT2D eigenvalue weighted by Crippen LogP contribution is -2.34. The molecule has 6 nitrogen and oxygen atoms in total. The van der Waals surface area contributed by atoms with Crippen LogP contribution in [0.4, 0.5) is 0 Å². The molecule has 28 heavy (non-hydrogen) atoms. The second-order valence-corrected chi connectivity index (χ2v) is 6.59. The van der Waals surface area contributed by atoms with Gasteiger partial charge in [0.1, 0.15) is 0 Å². The standard InChI is InChI=1S/C22H25NO5/c1-3-27-19-12-11-16(13-20(19)26-2)22(25)28-14-21(24)23-18-10-6-8-15-7-4-5-9-17(15)18/h4-5,7,9,11-13,18H,3,6,8,10,14H2,1-2H3,(H,23,24)/t18-/m0/s1. The van der Waals surface area contributed by atoms with Gasteiger partial charge in [-0.3, -0.25) is 4.79 Å². The minimum atomic E-state index is -0.583. The topological polar surface area (TPSA) is 73.9 Å². The summed E-state index contributed by atoms with van der Waals surface area (Å²) in [6.07, 6.45) is 2.93. The van der Waals surface area contributed by atoms with Gasteiger partial charge in [0.05, 0.1) is 25.3 Å². The molecule has 0 spiro atoms. The van der Waals surface area contributed by atoms with Crippen molar-refractivity contribution in [1.29, 1.82) is 0 Å². The van der Waals surface area contributed by atoms with Gasteiger partial charge in [-0.1, -0.05) is 24.3 Å². The molecule has 1 atom stereocenters. The van der Waals surface area contributed by atoms with Gasteiger partial charge >= 0.3 is 5.97 Å². The van der Waals surface area contributed by atoms with E-state index < -0.39 is 5.97 Å². The fourth-order valence-corrected chi connectivity index (χ4v) is 3.42. The molecule has 1 aliphatic rings. The SMILES string of the molecule is CCOc1ccc(C(=O)OCC(=O)N[C@H]2CCCc3ccccc32)cc1OC. The highest BCUT2D eigenvalue weighted by molar-refractivity contribution is 5.92. The van der Waals surface area contributed by atoms with E-state index in [1.807, 2.05) is 25.1 Å². The lowest BCUT2D eigenvalue weighted by molar-refractivity contribution is -0.125. The highest BCUT2D eigenvalue weighted by Gasteiger charge is 2.22. The van der Waals surface area contributed by atoms with Crippen LogP contribution in [-0.2, 0) is 16.0 Å². The van der Waals surface area contributed by atoms with E-state index in [4.69, 9.17) is 14.2 Å². The van der Waals surface area contributed by atoms with Gasteiger partial charge in [0.2, 0.25) is 0 Å². The zero-order valence-electron chi connectivity index (χ0n) is 16.2. The Kier molecular flexibility index (Phi) is 6.53. The zero-order chi connectivity index (χ0) is 19.9.